The Kier molecular flexibility index (Phi) is 6.20. The number of hydrogen-bond donors (Lipinski definition) is 0. The molecule has 0 saturated carbocycles. The highest BCUT2D eigenvalue weighted by atomic mass is 35.5. The Morgan fingerprint density at radius 1 is 1.16 bits per heavy atom. The maximum Gasteiger partial charge on any atom is 0.223 e. The van der Waals surface area contributed by atoms with Crippen molar-refractivity contribution in [1.82, 2.24) is 15.3 Å². The highest BCUT2D eigenvalue weighted by Gasteiger charge is 2.48. The van der Waals surface area contributed by atoms with Crippen molar-refractivity contribution in [3.63, 3.8) is 0 Å². The molecule has 0 bridgehead atoms. The van der Waals surface area contributed by atoms with Crippen molar-refractivity contribution < 1.29 is 27.8 Å². The second-order valence-corrected chi connectivity index (χ2v) is 10.4. The molecule has 2 aliphatic rings. The van der Waals surface area contributed by atoms with Gasteiger partial charge in [0.2, 0.25) is 23.3 Å². The topological polar surface area (TPSA) is 108 Å². The SMILES string of the molecule is Cc1nc(-c2c(F)cc(Cl)cc2-c2ccc3c(c2)CC[C@@H]3CC(=O)C2(CC(=O)c3ccno3)COC2)no1. The van der Waals surface area contributed by atoms with E-state index >= 15 is 4.39 Å². The number of halogens is 2. The number of nitrogens with zero attached hydrogens (tertiary/aromatic N) is 3. The van der Waals surface area contributed by atoms with Gasteiger partial charge in [-0.15, -0.1) is 0 Å². The second kappa shape index (κ2) is 9.56. The van der Waals surface area contributed by atoms with Gasteiger partial charge in [0.15, 0.2) is 0 Å². The second-order valence-electron chi connectivity index (χ2n) is 9.97. The Morgan fingerprint density at radius 3 is 2.68 bits per heavy atom. The summed E-state index contributed by atoms with van der Waals surface area (Å²) in [6.07, 6.45) is 3.35. The first-order valence-electron chi connectivity index (χ1n) is 12.3. The number of carbonyl (C=O) groups excluding carboxylic acids is 2. The van der Waals surface area contributed by atoms with E-state index in [9.17, 15) is 9.59 Å². The van der Waals surface area contributed by atoms with Crippen LogP contribution in [-0.2, 0) is 16.0 Å². The monoisotopic (exact) mass is 535 g/mol. The first kappa shape index (κ1) is 24.6. The summed E-state index contributed by atoms with van der Waals surface area (Å²) in [6.45, 7) is 2.09. The minimum atomic E-state index is -0.831. The van der Waals surface area contributed by atoms with Crippen LogP contribution in [0.5, 0.6) is 0 Å². The van der Waals surface area contributed by atoms with Crippen molar-refractivity contribution in [3.05, 3.63) is 76.2 Å². The summed E-state index contributed by atoms with van der Waals surface area (Å²) < 4.78 is 30.4. The van der Waals surface area contributed by atoms with Crippen LogP contribution in [0.3, 0.4) is 0 Å². The first-order valence-corrected chi connectivity index (χ1v) is 12.7. The van der Waals surface area contributed by atoms with Crippen LogP contribution in [0, 0.1) is 18.2 Å². The van der Waals surface area contributed by atoms with E-state index in [0.29, 0.717) is 17.9 Å². The molecule has 2 aromatic carbocycles. The molecule has 4 aromatic rings. The summed E-state index contributed by atoms with van der Waals surface area (Å²) in [6, 6.07) is 10.3. The number of ketones is 2. The lowest BCUT2D eigenvalue weighted by Gasteiger charge is -2.40. The van der Waals surface area contributed by atoms with E-state index in [-0.39, 0.29) is 59.3 Å². The first-order chi connectivity index (χ1) is 18.3. The molecule has 1 aliphatic carbocycles. The Bertz CT molecular complexity index is 1540. The summed E-state index contributed by atoms with van der Waals surface area (Å²) >= 11 is 6.21. The highest BCUT2D eigenvalue weighted by molar-refractivity contribution is 6.31. The van der Waals surface area contributed by atoms with E-state index in [0.717, 1.165) is 29.5 Å². The number of fused-ring (bicyclic) bond motifs is 1. The average molecular weight is 536 g/mol. The fourth-order valence-electron chi connectivity index (χ4n) is 5.42. The minimum Gasteiger partial charge on any atom is -0.379 e. The number of carbonyl (C=O) groups is 2. The molecule has 1 aliphatic heterocycles. The van der Waals surface area contributed by atoms with Crippen molar-refractivity contribution in [1.29, 1.82) is 0 Å². The van der Waals surface area contributed by atoms with Crippen LogP contribution in [0.25, 0.3) is 22.5 Å². The Labute approximate surface area is 222 Å². The van der Waals surface area contributed by atoms with Gasteiger partial charge in [-0.1, -0.05) is 40.1 Å². The van der Waals surface area contributed by atoms with Crippen LogP contribution >= 0.6 is 11.6 Å². The number of ether oxygens (including phenoxy) is 1. The van der Waals surface area contributed by atoms with E-state index in [1.807, 2.05) is 18.2 Å². The van der Waals surface area contributed by atoms with Gasteiger partial charge in [0.25, 0.3) is 0 Å². The van der Waals surface area contributed by atoms with Gasteiger partial charge in [-0.25, -0.2) is 4.39 Å². The molecular formula is C28H23ClFN3O5. The fourth-order valence-corrected chi connectivity index (χ4v) is 5.62. The fraction of sp³-hybridized carbons (Fsp3) is 0.321. The van der Waals surface area contributed by atoms with Crippen molar-refractivity contribution in [2.45, 2.75) is 38.5 Å². The van der Waals surface area contributed by atoms with Gasteiger partial charge >= 0.3 is 0 Å². The van der Waals surface area contributed by atoms with Crippen molar-refractivity contribution >= 4 is 23.2 Å². The highest BCUT2D eigenvalue weighted by Crippen LogP contribution is 2.43. The van der Waals surface area contributed by atoms with E-state index < -0.39 is 11.2 Å². The molecule has 2 aromatic heterocycles. The Balaban J connectivity index is 1.25. The summed E-state index contributed by atoms with van der Waals surface area (Å²) in [5, 5.41) is 7.75. The third kappa shape index (κ3) is 4.35. The number of benzene rings is 2. The predicted octanol–water partition coefficient (Wildman–Crippen LogP) is 5.77. The zero-order valence-electron chi connectivity index (χ0n) is 20.5. The van der Waals surface area contributed by atoms with Gasteiger partial charge in [-0.3, -0.25) is 9.59 Å². The standard InChI is InChI=1S/C28H23ClFN3O5/c1-15-32-27(33-37-15)26-21(10-19(29)11-22(26)30)17-4-5-20-16(8-17)2-3-18(20)9-25(35)28(13-36-14-28)12-23(34)24-6-7-31-38-24/h4-8,10-11,18H,2-3,9,12-14H2,1H3/t18-/m1/s1. The average Bonchev–Trinajstić information content (AvgIpc) is 3.62. The van der Waals surface area contributed by atoms with Crippen LogP contribution in [0.2, 0.25) is 5.02 Å². The molecular weight excluding hydrogens is 513 g/mol. The molecule has 1 atom stereocenters. The van der Waals surface area contributed by atoms with Crippen molar-refractivity contribution in [2.75, 3.05) is 13.2 Å². The van der Waals surface area contributed by atoms with E-state index in [2.05, 4.69) is 15.3 Å². The number of aryl methyl sites for hydroxylation is 2. The molecule has 0 N–H and O–H groups in total. The molecule has 10 heteroatoms. The van der Waals surface area contributed by atoms with Gasteiger partial charge in [-0.2, -0.15) is 4.98 Å². The predicted molar refractivity (Wildman–Crippen MR) is 134 cm³/mol. The lowest BCUT2D eigenvalue weighted by molar-refractivity contribution is -0.159. The lowest BCUT2D eigenvalue weighted by Crippen LogP contribution is -2.50. The van der Waals surface area contributed by atoms with Crippen LogP contribution in [0.1, 0.15) is 52.8 Å². The summed E-state index contributed by atoms with van der Waals surface area (Å²) in [5.41, 5.74) is 2.90. The maximum atomic E-state index is 15.0. The van der Waals surface area contributed by atoms with Crippen LogP contribution in [0.15, 0.2) is 51.6 Å². The normalized spacial score (nSPS) is 17.7. The molecule has 0 spiro atoms. The van der Waals surface area contributed by atoms with Gasteiger partial charge in [0, 0.05) is 30.9 Å². The molecule has 3 heterocycles. The Morgan fingerprint density at radius 2 is 2.00 bits per heavy atom. The van der Waals surface area contributed by atoms with Gasteiger partial charge in [-0.05, 0) is 53.1 Å². The van der Waals surface area contributed by atoms with Crippen LogP contribution < -0.4 is 0 Å². The summed E-state index contributed by atoms with van der Waals surface area (Å²) in [7, 11) is 0. The number of aromatic nitrogens is 3. The van der Waals surface area contributed by atoms with E-state index in [1.165, 1.54) is 18.3 Å². The molecule has 0 unspecified atom stereocenters. The molecule has 0 radical (unpaired) electrons. The maximum absolute atomic E-state index is 15.0. The number of hydrogen-bond acceptors (Lipinski definition) is 8. The van der Waals surface area contributed by atoms with E-state index in [1.54, 1.807) is 13.0 Å². The molecule has 0 amide bonds. The molecule has 6 rings (SSSR count). The third-order valence-electron chi connectivity index (χ3n) is 7.45. The zero-order valence-corrected chi connectivity index (χ0v) is 21.3. The van der Waals surface area contributed by atoms with Gasteiger partial charge < -0.3 is 13.8 Å². The summed E-state index contributed by atoms with van der Waals surface area (Å²) in [4.78, 5) is 30.2. The molecule has 38 heavy (non-hydrogen) atoms. The third-order valence-corrected chi connectivity index (χ3v) is 7.67. The quantitative estimate of drug-likeness (QED) is 0.262. The van der Waals surface area contributed by atoms with Crippen molar-refractivity contribution in [3.8, 4) is 22.5 Å². The molecule has 8 nitrogen and oxygen atoms in total. The number of Topliss-reactive ketones (excluding diaryl/α,β-unsaturated/α-hetero) is 2. The smallest absolute Gasteiger partial charge is 0.223 e. The van der Waals surface area contributed by atoms with Gasteiger partial charge in [0.05, 0.1) is 30.4 Å². The Hall–Kier alpha value is -3.69. The van der Waals surface area contributed by atoms with Crippen LogP contribution in [-0.4, -0.2) is 40.1 Å². The van der Waals surface area contributed by atoms with Crippen LogP contribution in [0.4, 0.5) is 4.39 Å². The largest absolute Gasteiger partial charge is 0.379 e. The summed E-state index contributed by atoms with van der Waals surface area (Å²) in [5.74, 6) is -0.106. The van der Waals surface area contributed by atoms with E-state index in [4.69, 9.17) is 25.4 Å². The van der Waals surface area contributed by atoms with Crippen molar-refractivity contribution in [2.24, 2.45) is 5.41 Å². The minimum absolute atomic E-state index is 0.0187. The molecule has 1 saturated heterocycles. The number of rotatable bonds is 8. The lowest BCUT2D eigenvalue weighted by atomic mass is 9.73. The zero-order chi connectivity index (χ0) is 26.4. The molecule has 194 valence electrons. The van der Waals surface area contributed by atoms with Gasteiger partial charge in [0.1, 0.15) is 11.6 Å². The molecule has 1 fully saturated rings.